The third kappa shape index (κ3) is 4.08. The molecule has 0 saturated carbocycles. The van der Waals surface area contributed by atoms with Gasteiger partial charge in [-0.1, -0.05) is 19.1 Å². The molecule has 1 aromatic carbocycles. The summed E-state index contributed by atoms with van der Waals surface area (Å²) >= 11 is 0. The highest BCUT2D eigenvalue weighted by Crippen LogP contribution is 2.10. The average Bonchev–Trinajstić information content (AvgIpc) is 2.28. The number of hydrogen-bond donors (Lipinski definition) is 3. The zero-order chi connectivity index (χ0) is 13.7. The fourth-order valence-electron chi connectivity index (χ4n) is 1.53. The first kappa shape index (κ1) is 14.0. The highest BCUT2D eigenvalue weighted by Gasteiger charge is 2.14. The zero-order valence-corrected chi connectivity index (χ0v) is 11.0. The molecule has 0 saturated heterocycles. The first-order valence-electron chi connectivity index (χ1n) is 5.83. The smallest absolute Gasteiger partial charge is 0.321 e. The molecule has 18 heavy (non-hydrogen) atoms. The molecule has 4 N–H and O–H groups in total. The Hall–Kier alpha value is -2.04. The molecule has 1 atom stereocenters. The lowest BCUT2D eigenvalue weighted by Crippen LogP contribution is -2.38. The fraction of sp³-hybridized carbons (Fsp3) is 0.385. The maximum atomic E-state index is 11.9. The van der Waals surface area contributed by atoms with Crippen molar-refractivity contribution in [2.24, 2.45) is 11.7 Å². The number of benzene rings is 1. The van der Waals surface area contributed by atoms with Crippen molar-refractivity contribution in [2.75, 3.05) is 18.9 Å². The summed E-state index contributed by atoms with van der Waals surface area (Å²) in [4.78, 5) is 13.4. The molecule has 2 amide bonds. The van der Waals surface area contributed by atoms with Crippen LogP contribution in [0.2, 0.25) is 0 Å². The van der Waals surface area contributed by atoms with Crippen LogP contribution in [0, 0.1) is 18.3 Å². The summed E-state index contributed by atoms with van der Waals surface area (Å²) in [5, 5.41) is 10.1. The molecule has 0 aliphatic heterocycles. The van der Waals surface area contributed by atoms with Gasteiger partial charge < -0.3 is 16.0 Å². The van der Waals surface area contributed by atoms with Crippen LogP contribution in [0.4, 0.5) is 10.5 Å². The van der Waals surface area contributed by atoms with Crippen LogP contribution in [0.1, 0.15) is 12.5 Å². The van der Waals surface area contributed by atoms with Gasteiger partial charge in [0.2, 0.25) is 0 Å². The molecule has 98 valence electrons. The number of amides is 2. The molecule has 0 aliphatic carbocycles. The summed E-state index contributed by atoms with van der Waals surface area (Å²) in [7, 11) is 1.69. The van der Waals surface area contributed by atoms with Crippen LogP contribution >= 0.6 is 0 Å². The Morgan fingerprint density at radius 2 is 2.22 bits per heavy atom. The molecule has 0 heterocycles. The molecule has 0 radical (unpaired) electrons. The molecule has 0 fully saturated rings. The Morgan fingerprint density at radius 1 is 1.56 bits per heavy atom. The van der Waals surface area contributed by atoms with Gasteiger partial charge in [-0.05, 0) is 24.6 Å². The molecule has 5 nitrogen and oxygen atoms in total. The lowest BCUT2D eigenvalue weighted by atomic mass is 10.1. The van der Waals surface area contributed by atoms with E-state index >= 15 is 0 Å². The highest BCUT2D eigenvalue weighted by molar-refractivity contribution is 5.89. The number of anilines is 1. The molecular weight excluding hydrogens is 228 g/mol. The van der Waals surface area contributed by atoms with E-state index in [0.29, 0.717) is 6.54 Å². The second kappa shape index (κ2) is 6.05. The minimum atomic E-state index is -0.200. The van der Waals surface area contributed by atoms with Crippen molar-refractivity contribution >= 4 is 17.6 Å². The maximum absolute atomic E-state index is 11.9. The van der Waals surface area contributed by atoms with Gasteiger partial charge in [-0.25, -0.2) is 4.79 Å². The van der Waals surface area contributed by atoms with Gasteiger partial charge >= 0.3 is 6.03 Å². The molecular formula is C13H20N4O. The Morgan fingerprint density at radius 3 is 2.78 bits per heavy atom. The topological polar surface area (TPSA) is 82.2 Å². The molecule has 1 rings (SSSR count). The van der Waals surface area contributed by atoms with Gasteiger partial charge in [-0.15, -0.1) is 0 Å². The molecule has 0 bridgehead atoms. The molecule has 5 heteroatoms. The maximum Gasteiger partial charge on any atom is 0.321 e. The Balaban J connectivity index is 2.57. The van der Waals surface area contributed by atoms with Gasteiger partial charge in [0.25, 0.3) is 0 Å². The molecule has 0 aromatic heterocycles. The van der Waals surface area contributed by atoms with E-state index in [-0.39, 0.29) is 17.8 Å². The lowest BCUT2D eigenvalue weighted by molar-refractivity contribution is 0.220. The first-order chi connectivity index (χ1) is 8.40. The van der Waals surface area contributed by atoms with Crippen LogP contribution in [-0.4, -0.2) is 30.4 Å². The average molecular weight is 248 g/mol. The summed E-state index contributed by atoms with van der Waals surface area (Å²) in [6.45, 7) is 4.21. The second-order valence-corrected chi connectivity index (χ2v) is 4.54. The van der Waals surface area contributed by atoms with Crippen LogP contribution in [-0.2, 0) is 0 Å². The van der Waals surface area contributed by atoms with Gasteiger partial charge in [0.1, 0.15) is 0 Å². The van der Waals surface area contributed by atoms with Crippen LogP contribution in [0.15, 0.2) is 24.3 Å². The summed E-state index contributed by atoms with van der Waals surface area (Å²) in [5.74, 6) is -0.0523. The minimum Gasteiger partial charge on any atom is -0.387 e. The van der Waals surface area contributed by atoms with Crippen LogP contribution < -0.4 is 11.1 Å². The molecule has 1 aromatic rings. The van der Waals surface area contributed by atoms with Crippen molar-refractivity contribution in [1.29, 1.82) is 5.41 Å². The van der Waals surface area contributed by atoms with Gasteiger partial charge in [0.05, 0.1) is 5.84 Å². The summed E-state index contributed by atoms with van der Waals surface area (Å²) in [6.07, 6.45) is 0. The summed E-state index contributed by atoms with van der Waals surface area (Å²) < 4.78 is 0. The number of urea groups is 1. The van der Waals surface area contributed by atoms with Crippen molar-refractivity contribution in [1.82, 2.24) is 4.90 Å². The van der Waals surface area contributed by atoms with E-state index < -0.39 is 0 Å². The van der Waals surface area contributed by atoms with Crippen LogP contribution in [0.3, 0.4) is 0 Å². The number of aryl methyl sites for hydroxylation is 1. The predicted octanol–water partition coefficient (Wildman–Crippen LogP) is 2.03. The van der Waals surface area contributed by atoms with Crippen molar-refractivity contribution in [3.63, 3.8) is 0 Å². The number of hydrogen-bond acceptors (Lipinski definition) is 2. The molecule has 0 aliphatic rings. The van der Waals surface area contributed by atoms with E-state index in [2.05, 4.69) is 5.32 Å². The fourth-order valence-corrected chi connectivity index (χ4v) is 1.53. The van der Waals surface area contributed by atoms with E-state index in [1.165, 1.54) is 4.90 Å². The van der Waals surface area contributed by atoms with E-state index in [4.69, 9.17) is 11.1 Å². The third-order valence-electron chi connectivity index (χ3n) is 2.69. The van der Waals surface area contributed by atoms with Gasteiger partial charge in [-0.2, -0.15) is 0 Å². The van der Waals surface area contributed by atoms with Crippen molar-refractivity contribution in [2.45, 2.75) is 13.8 Å². The Kier molecular flexibility index (Phi) is 4.71. The van der Waals surface area contributed by atoms with E-state index in [9.17, 15) is 4.79 Å². The standard InChI is InChI=1S/C13H20N4O/c1-9-5-4-6-11(7-9)16-13(18)17(3)8-10(2)12(14)15/h4-7,10H,8H2,1-3H3,(H3,14,15)(H,16,18). The van der Waals surface area contributed by atoms with Gasteiger partial charge in [-0.3, -0.25) is 5.41 Å². The quantitative estimate of drug-likeness (QED) is 0.563. The first-order valence-corrected chi connectivity index (χ1v) is 5.83. The van der Waals surface area contributed by atoms with Gasteiger partial charge in [0.15, 0.2) is 0 Å². The van der Waals surface area contributed by atoms with E-state index in [0.717, 1.165) is 11.3 Å². The highest BCUT2D eigenvalue weighted by atomic mass is 16.2. The normalized spacial score (nSPS) is 11.7. The summed E-state index contributed by atoms with van der Waals surface area (Å²) in [5.41, 5.74) is 7.24. The SMILES string of the molecule is Cc1cccc(NC(=O)N(C)CC(C)C(=N)N)c1. The second-order valence-electron chi connectivity index (χ2n) is 4.54. The number of amidine groups is 1. The van der Waals surface area contributed by atoms with Gasteiger partial charge in [0, 0.05) is 25.2 Å². The van der Waals surface area contributed by atoms with Crippen molar-refractivity contribution in [3.8, 4) is 0 Å². The van der Waals surface area contributed by atoms with E-state index in [1.807, 2.05) is 38.1 Å². The number of rotatable bonds is 4. The predicted molar refractivity (Wildman–Crippen MR) is 73.9 cm³/mol. The van der Waals surface area contributed by atoms with Crippen LogP contribution in [0.5, 0.6) is 0 Å². The summed E-state index contributed by atoms with van der Waals surface area (Å²) in [6, 6.07) is 7.40. The largest absolute Gasteiger partial charge is 0.387 e. The number of nitrogens with one attached hydrogen (secondary N) is 2. The zero-order valence-electron chi connectivity index (χ0n) is 11.0. The minimum absolute atomic E-state index is 0.0882. The third-order valence-corrected chi connectivity index (χ3v) is 2.69. The van der Waals surface area contributed by atoms with E-state index in [1.54, 1.807) is 7.05 Å². The number of nitrogens with zero attached hydrogens (tertiary/aromatic N) is 1. The number of carbonyl (C=O) groups is 1. The number of nitrogens with two attached hydrogens (primary N) is 1. The van der Waals surface area contributed by atoms with Crippen molar-refractivity contribution < 1.29 is 4.79 Å². The van der Waals surface area contributed by atoms with Crippen LogP contribution in [0.25, 0.3) is 0 Å². The monoisotopic (exact) mass is 248 g/mol. The number of carbonyl (C=O) groups excluding carboxylic acids is 1. The molecule has 1 unspecified atom stereocenters. The Labute approximate surface area is 107 Å². The van der Waals surface area contributed by atoms with Crippen molar-refractivity contribution in [3.05, 3.63) is 29.8 Å². The molecule has 0 spiro atoms. The Bertz CT molecular complexity index is 444. The lowest BCUT2D eigenvalue weighted by Gasteiger charge is -2.21.